The number of ether oxygens (including phenoxy) is 1. The Hall–Kier alpha value is -3.25. The number of fused-ring (bicyclic) bond motifs is 1. The zero-order valence-electron chi connectivity index (χ0n) is 15.6. The van der Waals surface area contributed by atoms with Gasteiger partial charge in [0.05, 0.1) is 24.3 Å². The fraction of sp³-hybridized carbons (Fsp3) is 0.130. The quantitative estimate of drug-likeness (QED) is 0.411. The lowest BCUT2D eigenvalue weighted by atomic mass is 10.2. The maximum absolute atomic E-state index is 14.1. The van der Waals surface area contributed by atoms with Gasteiger partial charge in [-0.2, -0.15) is 0 Å². The van der Waals surface area contributed by atoms with Crippen molar-refractivity contribution in [2.75, 3.05) is 11.5 Å². The van der Waals surface area contributed by atoms with Crippen molar-refractivity contribution in [3.63, 3.8) is 0 Å². The molecule has 6 heteroatoms. The first-order valence-electron chi connectivity index (χ1n) is 9.28. The van der Waals surface area contributed by atoms with Gasteiger partial charge >= 0.3 is 0 Å². The Balaban J connectivity index is 1.55. The molecule has 0 unspecified atom stereocenters. The van der Waals surface area contributed by atoms with Crippen molar-refractivity contribution in [3.05, 3.63) is 90.2 Å². The highest BCUT2D eigenvalue weighted by Gasteiger charge is 2.21. The highest BCUT2D eigenvalue weighted by Crippen LogP contribution is 2.31. The van der Waals surface area contributed by atoms with E-state index >= 15 is 0 Å². The van der Waals surface area contributed by atoms with Crippen LogP contribution in [0.3, 0.4) is 0 Å². The molecule has 29 heavy (non-hydrogen) atoms. The Morgan fingerprint density at radius 1 is 0.966 bits per heavy atom. The molecule has 1 aromatic heterocycles. The molecule has 3 aromatic carbocycles. The van der Waals surface area contributed by atoms with Crippen LogP contribution in [0.15, 0.2) is 78.9 Å². The smallest absolute Gasteiger partial charge is 0.232 e. The van der Waals surface area contributed by atoms with Crippen LogP contribution in [0.25, 0.3) is 10.2 Å². The minimum atomic E-state index is -0.385. The number of amides is 1. The lowest BCUT2D eigenvalue weighted by Crippen LogP contribution is -2.31. The van der Waals surface area contributed by atoms with E-state index in [4.69, 9.17) is 4.74 Å². The van der Waals surface area contributed by atoms with Crippen LogP contribution in [0.2, 0.25) is 0 Å². The molecular formula is C23H19FN2O2S. The number of thiazole rings is 1. The summed E-state index contributed by atoms with van der Waals surface area (Å²) >= 11 is 1.31. The van der Waals surface area contributed by atoms with E-state index in [9.17, 15) is 9.18 Å². The largest absolute Gasteiger partial charge is 0.493 e. The number of aromatic nitrogens is 1. The fourth-order valence-electron chi connectivity index (χ4n) is 2.96. The van der Waals surface area contributed by atoms with Gasteiger partial charge in [-0.3, -0.25) is 9.69 Å². The normalized spacial score (nSPS) is 10.8. The third kappa shape index (κ3) is 4.60. The van der Waals surface area contributed by atoms with E-state index in [-0.39, 0.29) is 24.8 Å². The van der Waals surface area contributed by atoms with Crippen molar-refractivity contribution in [2.45, 2.75) is 13.0 Å². The van der Waals surface area contributed by atoms with Crippen LogP contribution >= 0.6 is 11.3 Å². The average Bonchev–Trinajstić information content (AvgIpc) is 3.19. The Morgan fingerprint density at radius 3 is 2.41 bits per heavy atom. The molecular weight excluding hydrogens is 387 g/mol. The van der Waals surface area contributed by atoms with E-state index in [0.29, 0.717) is 21.9 Å². The summed E-state index contributed by atoms with van der Waals surface area (Å²) < 4.78 is 20.5. The summed E-state index contributed by atoms with van der Waals surface area (Å²) in [5.74, 6) is 0.214. The van der Waals surface area contributed by atoms with Gasteiger partial charge in [-0.1, -0.05) is 65.9 Å². The summed E-state index contributed by atoms with van der Waals surface area (Å²) in [4.78, 5) is 19.0. The van der Waals surface area contributed by atoms with E-state index in [1.807, 2.05) is 66.7 Å². The van der Waals surface area contributed by atoms with Crippen molar-refractivity contribution in [1.82, 2.24) is 4.98 Å². The van der Waals surface area contributed by atoms with Crippen molar-refractivity contribution < 1.29 is 13.9 Å². The molecule has 0 spiro atoms. The Labute approximate surface area is 172 Å². The highest BCUT2D eigenvalue weighted by molar-refractivity contribution is 7.22. The van der Waals surface area contributed by atoms with Gasteiger partial charge in [0.15, 0.2) is 5.13 Å². The summed E-state index contributed by atoms with van der Waals surface area (Å²) in [7, 11) is 0. The molecule has 1 heterocycles. The lowest BCUT2D eigenvalue weighted by Gasteiger charge is -2.20. The van der Waals surface area contributed by atoms with Gasteiger partial charge in [-0.05, 0) is 29.8 Å². The number of nitrogens with zero attached hydrogens (tertiary/aromatic N) is 2. The predicted octanol–water partition coefficient (Wildman–Crippen LogP) is 5.44. The summed E-state index contributed by atoms with van der Waals surface area (Å²) in [5.41, 5.74) is 1.27. The maximum atomic E-state index is 14.1. The number of halogens is 1. The van der Waals surface area contributed by atoms with Crippen molar-refractivity contribution in [3.8, 4) is 5.75 Å². The van der Waals surface area contributed by atoms with Crippen molar-refractivity contribution in [1.29, 1.82) is 0 Å². The standard InChI is InChI=1S/C23H19FN2O2S/c24-19-12-7-13-20-22(19)25-23(29-20)26(16-17-8-3-1-4-9-17)21(27)14-15-28-18-10-5-2-6-11-18/h1-13H,14-16H2. The van der Waals surface area contributed by atoms with Gasteiger partial charge in [0.25, 0.3) is 0 Å². The minimum absolute atomic E-state index is 0.121. The second-order valence-electron chi connectivity index (χ2n) is 6.46. The van der Waals surface area contributed by atoms with E-state index < -0.39 is 0 Å². The second-order valence-corrected chi connectivity index (χ2v) is 7.47. The monoisotopic (exact) mass is 406 g/mol. The Bertz CT molecular complexity index is 1100. The number of anilines is 1. The first kappa shape index (κ1) is 19.1. The molecule has 146 valence electrons. The van der Waals surface area contributed by atoms with Crippen LogP contribution in [0.1, 0.15) is 12.0 Å². The van der Waals surface area contributed by atoms with Gasteiger partial charge in [0.2, 0.25) is 5.91 Å². The number of hydrogen-bond donors (Lipinski definition) is 0. The summed E-state index contributed by atoms with van der Waals surface area (Å²) in [6.45, 7) is 0.625. The van der Waals surface area contributed by atoms with Crippen molar-refractivity contribution in [2.24, 2.45) is 0 Å². The second kappa shape index (κ2) is 8.84. The maximum Gasteiger partial charge on any atom is 0.232 e. The highest BCUT2D eigenvalue weighted by atomic mass is 32.1. The van der Waals surface area contributed by atoms with E-state index in [1.165, 1.54) is 17.4 Å². The van der Waals surface area contributed by atoms with Crippen LogP contribution in [-0.2, 0) is 11.3 Å². The summed E-state index contributed by atoms with van der Waals surface area (Å²) in [6, 6.07) is 23.9. The third-order valence-corrected chi connectivity index (χ3v) is 5.45. The van der Waals surface area contributed by atoms with Crippen LogP contribution in [0, 0.1) is 5.82 Å². The molecule has 0 bridgehead atoms. The molecule has 4 rings (SSSR count). The molecule has 0 atom stereocenters. The molecule has 4 nitrogen and oxygen atoms in total. The van der Waals surface area contributed by atoms with E-state index in [2.05, 4.69) is 4.98 Å². The van der Waals surface area contributed by atoms with E-state index in [1.54, 1.807) is 11.0 Å². The summed E-state index contributed by atoms with van der Waals surface area (Å²) in [6.07, 6.45) is 0.195. The number of hydrogen-bond acceptors (Lipinski definition) is 4. The molecule has 0 saturated carbocycles. The topological polar surface area (TPSA) is 42.4 Å². The van der Waals surface area contributed by atoms with Gasteiger partial charge in [0.1, 0.15) is 17.1 Å². The van der Waals surface area contributed by atoms with E-state index in [0.717, 1.165) is 11.3 Å². The number of benzene rings is 3. The van der Waals surface area contributed by atoms with Crippen molar-refractivity contribution >= 4 is 32.6 Å². The van der Waals surface area contributed by atoms with Gasteiger partial charge in [-0.15, -0.1) is 0 Å². The van der Waals surface area contributed by atoms with Gasteiger partial charge < -0.3 is 4.74 Å². The molecule has 1 amide bonds. The first-order chi connectivity index (χ1) is 14.2. The zero-order valence-corrected chi connectivity index (χ0v) is 16.4. The predicted molar refractivity (Wildman–Crippen MR) is 114 cm³/mol. The van der Waals surface area contributed by atoms with Crippen LogP contribution in [0.4, 0.5) is 9.52 Å². The first-order valence-corrected chi connectivity index (χ1v) is 10.1. The van der Waals surface area contributed by atoms with Crippen LogP contribution in [-0.4, -0.2) is 17.5 Å². The molecule has 4 aromatic rings. The summed E-state index contributed by atoms with van der Waals surface area (Å²) in [5, 5.41) is 0.485. The molecule has 0 radical (unpaired) electrons. The Morgan fingerprint density at radius 2 is 1.69 bits per heavy atom. The number of carbonyl (C=O) groups is 1. The average molecular weight is 406 g/mol. The van der Waals surface area contributed by atoms with Crippen LogP contribution < -0.4 is 9.64 Å². The Kier molecular flexibility index (Phi) is 5.81. The molecule has 0 aliphatic rings. The third-order valence-electron chi connectivity index (χ3n) is 4.40. The SMILES string of the molecule is O=C(CCOc1ccccc1)N(Cc1ccccc1)c1nc2c(F)cccc2s1. The molecule has 0 aliphatic heterocycles. The fourth-order valence-corrected chi connectivity index (χ4v) is 3.95. The van der Waals surface area contributed by atoms with Crippen LogP contribution in [0.5, 0.6) is 5.75 Å². The van der Waals surface area contributed by atoms with Gasteiger partial charge in [0, 0.05) is 0 Å². The molecule has 0 fully saturated rings. The molecule has 0 aliphatic carbocycles. The van der Waals surface area contributed by atoms with Gasteiger partial charge in [-0.25, -0.2) is 9.37 Å². The number of carbonyl (C=O) groups excluding carboxylic acids is 1. The minimum Gasteiger partial charge on any atom is -0.493 e. The molecule has 0 saturated heterocycles. The number of rotatable bonds is 7. The zero-order chi connectivity index (χ0) is 20.1. The lowest BCUT2D eigenvalue weighted by molar-refractivity contribution is -0.119. The number of para-hydroxylation sites is 2. The molecule has 0 N–H and O–H groups in total.